The van der Waals surface area contributed by atoms with E-state index in [1.54, 1.807) is 13.8 Å². The van der Waals surface area contributed by atoms with Crippen LogP contribution in [-0.4, -0.2) is 26.7 Å². The van der Waals surface area contributed by atoms with Gasteiger partial charge in [-0.05, 0) is 74.9 Å². The Morgan fingerprint density at radius 3 is 2.15 bits per heavy atom. The third-order valence-corrected chi connectivity index (χ3v) is 9.74. The SMILES string of the molecule is Cc1ccc(-c2sc(-c3ccc(SC(C)(C)C(=O)O)cc3)nc2C(=O)Nc2ccc(C3CCCCC3)cc2)cc1. The van der Waals surface area contributed by atoms with Crippen molar-refractivity contribution in [3.05, 3.63) is 89.6 Å². The molecule has 40 heavy (non-hydrogen) atoms. The number of thiazole rings is 1. The van der Waals surface area contributed by atoms with Gasteiger partial charge in [-0.1, -0.05) is 73.4 Å². The van der Waals surface area contributed by atoms with Gasteiger partial charge < -0.3 is 10.4 Å². The number of aryl methyl sites for hydroxylation is 1. The van der Waals surface area contributed by atoms with E-state index in [1.807, 2.05) is 67.6 Å². The molecule has 0 atom stereocenters. The van der Waals surface area contributed by atoms with E-state index in [0.717, 1.165) is 37.2 Å². The molecular weight excluding hydrogens is 537 g/mol. The first-order chi connectivity index (χ1) is 19.2. The molecule has 1 aromatic heterocycles. The zero-order valence-corrected chi connectivity index (χ0v) is 24.7. The Labute approximate surface area is 244 Å². The summed E-state index contributed by atoms with van der Waals surface area (Å²) in [6, 6.07) is 24.1. The van der Waals surface area contributed by atoms with Crippen LogP contribution < -0.4 is 5.32 Å². The first kappa shape index (κ1) is 28.1. The number of nitrogens with zero attached hydrogens (tertiary/aromatic N) is 1. The highest BCUT2D eigenvalue weighted by Gasteiger charge is 2.28. The molecule has 5 nitrogen and oxygen atoms in total. The molecule has 2 N–H and O–H groups in total. The van der Waals surface area contributed by atoms with Gasteiger partial charge in [0.15, 0.2) is 0 Å². The highest BCUT2D eigenvalue weighted by atomic mass is 32.2. The molecule has 3 aromatic carbocycles. The van der Waals surface area contributed by atoms with Crippen molar-refractivity contribution in [2.24, 2.45) is 0 Å². The fourth-order valence-corrected chi connectivity index (χ4v) is 6.99. The van der Waals surface area contributed by atoms with Gasteiger partial charge in [0.2, 0.25) is 0 Å². The fourth-order valence-electron chi connectivity index (χ4n) is 4.97. The van der Waals surface area contributed by atoms with Crippen LogP contribution in [-0.2, 0) is 4.79 Å². The van der Waals surface area contributed by atoms with E-state index in [4.69, 9.17) is 4.98 Å². The third-order valence-electron chi connectivity index (χ3n) is 7.39. The summed E-state index contributed by atoms with van der Waals surface area (Å²) in [6.07, 6.45) is 6.39. The highest BCUT2D eigenvalue weighted by Crippen LogP contribution is 2.38. The third kappa shape index (κ3) is 6.48. The van der Waals surface area contributed by atoms with Crippen molar-refractivity contribution in [3.63, 3.8) is 0 Å². The zero-order valence-electron chi connectivity index (χ0n) is 23.1. The Morgan fingerprint density at radius 2 is 1.52 bits per heavy atom. The summed E-state index contributed by atoms with van der Waals surface area (Å²) in [7, 11) is 0. The molecule has 4 aromatic rings. The Balaban J connectivity index is 1.41. The second kappa shape index (κ2) is 12.0. The number of aromatic nitrogens is 1. The average molecular weight is 571 g/mol. The summed E-state index contributed by atoms with van der Waals surface area (Å²) in [5.74, 6) is -0.477. The number of rotatable bonds is 8. The van der Waals surface area contributed by atoms with Gasteiger partial charge in [0.05, 0.1) is 4.88 Å². The molecule has 206 valence electrons. The van der Waals surface area contributed by atoms with Gasteiger partial charge in [0.1, 0.15) is 15.4 Å². The smallest absolute Gasteiger partial charge is 0.319 e. The Kier molecular flexibility index (Phi) is 8.43. The Hall–Kier alpha value is -3.42. The van der Waals surface area contributed by atoms with Crippen molar-refractivity contribution < 1.29 is 14.7 Å². The van der Waals surface area contributed by atoms with Gasteiger partial charge in [-0.2, -0.15) is 0 Å². The van der Waals surface area contributed by atoms with Crippen LogP contribution in [0.25, 0.3) is 21.0 Å². The van der Waals surface area contributed by atoms with Gasteiger partial charge >= 0.3 is 5.97 Å². The largest absolute Gasteiger partial charge is 0.480 e. The van der Waals surface area contributed by atoms with E-state index < -0.39 is 10.7 Å². The first-order valence-electron chi connectivity index (χ1n) is 13.7. The number of amides is 1. The maximum absolute atomic E-state index is 13.6. The predicted molar refractivity (Wildman–Crippen MR) is 166 cm³/mol. The summed E-state index contributed by atoms with van der Waals surface area (Å²) in [5, 5.41) is 13.3. The van der Waals surface area contributed by atoms with Crippen LogP contribution >= 0.6 is 23.1 Å². The molecule has 0 bridgehead atoms. The maximum Gasteiger partial charge on any atom is 0.319 e. The minimum absolute atomic E-state index is 0.237. The zero-order chi connectivity index (χ0) is 28.3. The minimum Gasteiger partial charge on any atom is -0.480 e. The van der Waals surface area contributed by atoms with Gasteiger partial charge in [-0.3, -0.25) is 9.59 Å². The van der Waals surface area contributed by atoms with Gasteiger partial charge in [0, 0.05) is 16.1 Å². The number of aliphatic carboxylic acids is 1. The molecule has 0 radical (unpaired) electrons. The van der Waals surface area contributed by atoms with Crippen LogP contribution in [0.2, 0.25) is 0 Å². The number of hydrogen-bond donors (Lipinski definition) is 2. The van der Waals surface area contributed by atoms with Crippen molar-refractivity contribution >= 4 is 40.7 Å². The second-order valence-corrected chi connectivity index (χ2v) is 13.6. The summed E-state index contributed by atoms with van der Waals surface area (Å²) in [4.78, 5) is 31.6. The summed E-state index contributed by atoms with van der Waals surface area (Å²) < 4.78 is -0.929. The van der Waals surface area contributed by atoms with Crippen LogP contribution in [0.5, 0.6) is 0 Å². The molecule has 1 fully saturated rings. The Morgan fingerprint density at radius 1 is 0.900 bits per heavy atom. The predicted octanol–water partition coefficient (Wildman–Crippen LogP) is 9.04. The molecule has 1 aliphatic rings. The molecule has 1 heterocycles. The van der Waals surface area contributed by atoms with Crippen molar-refractivity contribution in [2.75, 3.05) is 5.32 Å². The second-order valence-electron chi connectivity index (χ2n) is 10.9. The van der Waals surface area contributed by atoms with E-state index in [-0.39, 0.29) is 5.91 Å². The topological polar surface area (TPSA) is 79.3 Å². The van der Waals surface area contributed by atoms with Crippen LogP contribution in [0.3, 0.4) is 0 Å². The van der Waals surface area contributed by atoms with Crippen LogP contribution in [0.15, 0.2) is 77.7 Å². The fraction of sp³-hybridized carbons (Fsp3) is 0.303. The highest BCUT2D eigenvalue weighted by molar-refractivity contribution is 8.01. The molecule has 0 aliphatic heterocycles. The normalized spacial score (nSPS) is 14.2. The lowest BCUT2D eigenvalue weighted by atomic mass is 9.84. The lowest BCUT2D eigenvalue weighted by molar-refractivity contribution is -0.138. The number of hydrogen-bond acceptors (Lipinski definition) is 5. The number of carbonyl (C=O) groups excluding carboxylic acids is 1. The van der Waals surface area contributed by atoms with Crippen molar-refractivity contribution in [2.45, 2.75) is 68.4 Å². The number of thioether (sulfide) groups is 1. The van der Waals surface area contributed by atoms with E-state index in [1.165, 1.54) is 60.8 Å². The van der Waals surface area contributed by atoms with E-state index in [9.17, 15) is 14.7 Å². The van der Waals surface area contributed by atoms with Crippen molar-refractivity contribution in [1.29, 1.82) is 0 Å². The van der Waals surface area contributed by atoms with Gasteiger partial charge in [0.25, 0.3) is 5.91 Å². The summed E-state index contributed by atoms with van der Waals surface area (Å²) in [6.45, 7) is 5.42. The van der Waals surface area contributed by atoms with Gasteiger partial charge in [-0.15, -0.1) is 23.1 Å². The quantitative estimate of drug-likeness (QED) is 0.207. The molecule has 0 unspecified atom stereocenters. The number of carboxylic acids is 1. The van der Waals surface area contributed by atoms with Crippen LogP contribution in [0.1, 0.15) is 73.5 Å². The molecule has 5 rings (SSSR count). The maximum atomic E-state index is 13.6. The van der Waals surface area contributed by atoms with Gasteiger partial charge in [-0.25, -0.2) is 4.98 Å². The number of carboxylic acid groups (broad SMARTS) is 1. The lowest BCUT2D eigenvalue weighted by Crippen LogP contribution is -2.26. The van der Waals surface area contributed by atoms with Crippen molar-refractivity contribution in [1.82, 2.24) is 4.98 Å². The molecule has 1 saturated carbocycles. The van der Waals surface area contributed by atoms with E-state index >= 15 is 0 Å². The number of anilines is 1. The molecule has 0 saturated heterocycles. The summed E-state index contributed by atoms with van der Waals surface area (Å²) in [5.41, 5.74) is 5.48. The van der Waals surface area contributed by atoms with E-state index in [0.29, 0.717) is 11.6 Å². The first-order valence-corrected chi connectivity index (χ1v) is 15.3. The Bertz CT molecular complexity index is 1480. The minimum atomic E-state index is -0.929. The van der Waals surface area contributed by atoms with E-state index in [2.05, 4.69) is 17.4 Å². The number of benzene rings is 3. The number of carbonyl (C=O) groups is 2. The number of nitrogens with one attached hydrogen (secondary N) is 1. The lowest BCUT2D eigenvalue weighted by Gasteiger charge is -2.22. The van der Waals surface area contributed by atoms with Crippen LogP contribution in [0.4, 0.5) is 5.69 Å². The standard InChI is InChI=1S/C33H34N2O3S2/c1-21-9-11-24(12-10-21)29-28(30(36)34-26-17-13-23(14-18-26)22-7-5-4-6-8-22)35-31(39-29)25-15-19-27(20-16-25)40-33(2,3)32(37)38/h9-20,22H,4-8H2,1-3H3,(H,34,36)(H,37,38). The summed E-state index contributed by atoms with van der Waals surface area (Å²) >= 11 is 2.78. The molecular formula is C33H34N2O3S2. The average Bonchev–Trinajstić information content (AvgIpc) is 3.40. The molecule has 7 heteroatoms. The molecule has 1 aliphatic carbocycles. The molecule has 1 amide bonds. The monoisotopic (exact) mass is 570 g/mol. The van der Waals surface area contributed by atoms with Crippen LogP contribution in [0, 0.1) is 6.92 Å². The van der Waals surface area contributed by atoms with Crippen molar-refractivity contribution in [3.8, 4) is 21.0 Å². The molecule has 0 spiro atoms.